The Bertz CT molecular complexity index is 480. The highest BCUT2D eigenvalue weighted by atomic mass is 127. The molecule has 0 amide bonds. The highest BCUT2D eigenvalue weighted by Gasteiger charge is 2.56. The van der Waals surface area contributed by atoms with Gasteiger partial charge in [0, 0.05) is 22.7 Å². The largest absolute Gasteiger partial charge is 0.469 e. The number of rotatable bonds is 12. The number of fused-ring (bicyclic) bond motifs is 1. The van der Waals surface area contributed by atoms with Gasteiger partial charge in [-0.3, -0.25) is 4.79 Å². The average molecular weight is 514 g/mol. The van der Waals surface area contributed by atoms with Crippen molar-refractivity contribution in [3.63, 3.8) is 0 Å². The molecule has 2 rings (SSSR count). The van der Waals surface area contributed by atoms with Crippen LogP contribution >= 0.6 is 22.6 Å². The van der Waals surface area contributed by atoms with Crippen molar-refractivity contribution in [3.05, 3.63) is 0 Å². The zero-order chi connectivity index (χ0) is 20.7. The van der Waals surface area contributed by atoms with Crippen LogP contribution in [0.2, 0.25) is 0 Å². The summed E-state index contributed by atoms with van der Waals surface area (Å²) in [5.74, 6) is -0.685. The molecule has 2 fully saturated rings. The molecule has 28 heavy (non-hydrogen) atoms. The van der Waals surface area contributed by atoms with Crippen molar-refractivity contribution in [2.24, 2.45) is 11.8 Å². The SMILES string of the molecule is CCCCC[C@H](O)CC[C@@H]1[C@H]2[C@H](F)[C@H]([C@H](I)CCCC(=O)OC)O[C@@H]2C[C@H]1O. The van der Waals surface area contributed by atoms with Crippen LogP contribution in [0, 0.1) is 11.8 Å². The predicted octanol–water partition coefficient (Wildman–Crippen LogP) is 3.96. The van der Waals surface area contributed by atoms with Gasteiger partial charge < -0.3 is 19.7 Å². The molecule has 2 aliphatic rings. The number of aliphatic hydroxyl groups is 2. The van der Waals surface area contributed by atoms with Crippen molar-refractivity contribution in [1.29, 1.82) is 0 Å². The standard InChI is InChI=1S/C21H36FIO5/c1-3-4-5-7-13(24)10-11-14-16(25)12-17-19(14)20(22)21(28-17)15(23)8-6-9-18(26)27-2/h13-17,19-21,24-25H,3-12H2,1-2H3/t13-,14-,15+,16+,17+,19+,20-,21-/m0/s1. The number of hydrogen-bond acceptors (Lipinski definition) is 5. The number of carbonyl (C=O) groups excluding carboxylic acids is 1. The lowest BCUT2D eigenvalue weighted by atomic mass is 9.84. The fourth-order valence-electron chi connectivity index (χ4n) is 4.72. The average Bonchev–Trinajstić information content (AvgIpc) is 3.15. The van der Waals surface area contributed by atoms with Crippen molar-refractivity contribution in [3.8, 4) is 0 Å². The molecule has 0 aromatic carbocycles. The summed E-state index contributed by atoms with van der Waals surface area (Å²) >= 11 is 2.22. The maximum Gasteiger partial charge on any atom is 0.305 e. The minimum Gasteiger partial charge on any atom is -0.469 e. The molecule has 7 heteroatoms. The second kappa shape index (κ2) is 12.0. The van der Waals surface area contributed by atoms with E-state index in [-0.39, 0.29) is 33.9 Å². The second-order valence-electron chi connectivity index (χ2n) is 8.34. The van der Waals surface area contributed by atoms with Crippen molar-refractivity contribution in [2.75, 3.05) is 7.11 Å². The van der Waals surface area contributed by atoms with Gasteiger partial charge in [-0.2, -0.15) is 0 Å². The van der Waals surface area contributed by atoms with Crippen LogP contribution in [0.25, 0.3) is 0 Å². The molecule has 164 valence electrons. The van der Waals surface area contributed by atoms with Crippen molar-refractivity contribution in [2.45, 2.75) is 106 Å². The smallest absolute Gasteiger partial charge is 0.305 e. The minimum absolute atomic E-state index is 0.0136. The Kier molecular flexibility index (Phi) is 10.4. The molecular weight excluding hydrogens is 478 g/mol. The summed E-state index contributed by atoms with van der Waals surface area (Å²) in [7, 11) is 1.37. The molecule has 0 spiro atoms. The van der Waals surface area contributed by atoms with Gasteiger partial charge in [-0.25, -0.2) is 4.39 Å². The summed E-state index contributed by atoms with van der Waals surface area (Å²) in [5.41, 5.74) is 0. The number of ether oxygens (including phenoxy) is 2. The van der Waals surface area contributed by atoms with Crippen LogP contribution in [-0.4, -0.2) is 57.8 Å². The van der Waals surface area contributed by atoms with Crippen LogP contribution in [0.5, 0.6) is 0 Å². The normalized spacial score (nSPS) is 34.2. The molecule has 0 aromatic heterocycles. The van der Waals surface area contributed by atoms with E-state index in [1.807, 2.05) is 0 Å². The Morgan fingerprint density at radius 2 is 2.04 bits per heavy atom. The van der Waals surface area contributed by atoms with Gasteiger partial charge in [-0.15, -0.1) is 0 Å². The first-order chi connectivity index (χ1) is 13.4. The van der Waals surface area contributed by atoms with E-state index in [1.54, 1.807) is 0 Å². The monoisotopic (exact) mass is 514 g/mol. The van der Waals surface area contributed by atoms with Gasteiger partial charge in [0.1, 0.15) is 12.3 Å². The van der Waals surface area contributed by atoms with Gasteiger partial charge in [0.05, 0.1) is 25.4 Å². The molecule has 5 nitrogen and oxygen atoms in total. The quantitative estimate of drug-likeness (QED) is 0.179. The number of halogens is 2. The van der Waals surface area contributed by atoms with Gasteiger partial charge in [0.2, 0.25) is 0 Å². The van der Waals surface area contributed by atoms with E-state index in [1.165, 1.54) is 7.11 Å². The van der Waals surface area contributed by atoms with Gasteiger partial charge in [0.15, 0.2) is 0 Å². The first-order valence-electron chi connectivity index (χ1n) is 10.8. The predicted molar refractivity (Wildman–Crippen MR) is 114 cm³/mol. The number of hydrogen-bond donors (Lipinski definition) is 2. The summed E-state index contributed by atoms with van der Waals surface area (Å²) in [6.45, 7) is 2.13. The highest BCUT2D eigenvalue weighted by molar-refractivity contribution is 14.1. The number of unbranched alkanes of at least 4 members (excludes halogenated alkanes) is 2. The second-order valence-corrected chi connectivity index (χ2v) is 9.94. The van der Waals surface area contributed by atoms with Crippen LogP contribution in [0.15, 0.2) is 0 Å². The van der Waals surface area contributed by atoms with E-state index in [4.69, 9.17) is 4.74 Å². The minimum atomic E-state index is -1.11. The maximum atomic E-state index is 15.2. The number of aliphatic hydroxyl groups excluding tert-OH is 2. The van der Waals surface area contributed by atoms with E-state index in [9.17, 15) is 15.0 Å². The van der Waals surface area contributed by atoms with Crippen LogP contribution in [0.4, 0.5) is 4.39 Å². The fraction of sp³-hybridized carbons (Fsp3) is 0.952. The lowest BCUT2D eigenvalue weighted by Gasteiger charge is -2.26. The van der Waals surface area contributed by atoms with Gasteiger partial charge in [-0.1, -0.05) is 48.8 Å². The Labute approximate surface area is 181 Å². The molecule has 1 aliphatic heterocycles. The van der Waals surface area contributed by atoms with Crippen molar-refractivity contribution < 1.29 is 28.9 Å². The van der Waals surface area contributed by atoms with Gasteiger partial charge >= 0.3 is 5.97 Å². The molecule has 1 saturated heterocycles. The number of esters is 1. The topological polar surface area (TPSA) is 76.0 Å². The third kappa shape index (κ3) is 6.51. The molecule has 1 heterocycles. The lowest BCUT2D eigenvalue weighted by Crippen LogP contribution is -2.35. The summed E-state index contributed by atoms with van der Waals surface area (Å²) < 4.78 is 25.9. The molecule has 2 N–H and O–H groups in total. The van der Waals surface area contributed by atoms with E-state index in [2.05, 4.69) is 34.3 Å². The molecule has 0 unspecified atom stereocenters. The van der Waals surface area contributed by atoms with E-state index in [0.29, 0.717) is 38.5 Å². The van der Waals surface area contributed by atoms with Crippen LogP contribution in [-0.2, 0) is 14.3 Å². The summed E-state index contributed by atoms with van der Waals surface area (Å²) in [4.78, 5) is 11.2. The summed E-state index contributed by atoms with van der Waals surface area (Å²) in [6, 6.07) is 0. The Morgan fingerprint density at radius 3 is 2.71 bits per heavy atom. The first kappa shape index (κ1) is 24.3. The lowest BCUT2D eigenvalue weighted by molar-refractivity contribution is -0.140. The van der Waals surface area contributed by atoms with E-state index >= 15 is 4.39 Å². The maximum absolute atomic E-state index is 15.2. The van der Waals surface area contributed by atoms with Crippen molar-refractivity contribution in [1.82, 2.24) is 0 Å². The molecular formula is C21H36FIO5. The van der Waals surface area contributed by atoms with Crippen LogP contribution < -0.4 is 0 Å². The Hall–Kier alpha value is 0.01000. The fourth-order valence-corrected chi connectivity index (χ4v) is 5.73. The molecule has 8 atom stereocenters. The summed E-state index contributed by atoms with van der Waals surface area (Å²) in [5, 5.41) is 20.6. The van der Waals surface area contributed by atoms with Crippen LogP contribution in [0.3, 0.4) is 0 Å². The molecule has 1 aliphatic carbocycles. The third-order valence-electron chi connectivity index (χ3n) is 6.32. The van der Waals surface area contributed by atoms with E-state index < -0.39 is 18.4 Å². The van der Waals surface area contributed by atoms with Gasteiger partial charge in [-0.05, 0) is 38.0 Å². The zero-order valence-electron chi connectivity index (χ0n) is 17.1. The molecule has 0 radical (unpaired) electrons. The zero-order valence-corrected chi connectivity index (χ0v) is 19.2. The third-order valence-corrected chi connectivity index (χ3v) is 7.66. The molecule has 1 saturated carbocycles. The Morgan fingerprint density at radius 1 is 1.29 bits per heavy atom. The van der Waals surface area contributed by atoms with Crippen molar-refractivity contribution >= 4 is 28.6 Å². The number of alkyl halides is 2. The number of carbonyl (C=O) groups is 1. The van der Waals surface area contributed by atoms with E-state index in [0.717, 1.165) is 25.7 Å². The van der Waals surface area contributed by atoms with Crippen LogP contribution in [0.1, 0.15) is 71.1 Å². The summed E-state index contributed by atoms with van der Waals surface area (Å²) in [6.07, 6.45) is 4.68. The molecule has 0 bridgehead atoms. The first-order valence-corrected chi connectivity index (χ1v) is 12.0. The highest BCUT2D eigenvalue weighted by Crippen LogP contribution is 2.48. The Balaban J connectivity index is 1.83. The molecule has 0 aromatic rings. The number of methoxy groups -OCH3 is 1. The van der Waals surface area contributed by atoms with Gasteiger partial charge in [0.25, 0.3) is 0 Å².